The Labute approximate surface area is 153 Å². The lowest BCUT2D eigenvalue weighted by Gasteiger charge is -2.34. The van der Waals surface area contributed by atoms with Gasteiger partial charge in [0, 0.05) is 37.3 Å². The third kappa shape index (κ3) is 4.03. The molecular weight excluding hydrogens is 354 g/mol. The predicted molar refractivity (Wildman–Crippen MR) is 98.7 cm³/mol. The molecule has 2 aromatic heterocycles. The average Bonchev–Trinajstić information content (AvgIpc) is 2.67. The highest BCUT2D eigenvalue weighted by molar-refractivity contribution is 7.70. The van der Waals surface area contributed by atoms with Crippen molar-refractivity contribution >= 4 is 27.5 Å². The second-order valence-electron chi connectivity index (χ2n) is 6.26. The molecule has 2 aromatic rings. The molecule has 0 amide bonds. The quantitative estimate of drug-likeness (QED) is 0.731. The summed E-state index contributed by atoms with van der Waals surface area (Å²) in [5.41, 5.74) is 2.14. The van der Waals surface area contributed by atoms with Gasteiger partial charge in [0.2, 0.25) is 16.8 Å². The van der Waals surface area contributed by atoms with Crippen molar-refractivity contribution in [2.24, 2.45) is 5.92 Å². The summed E-state index contributed by atoms with van der Waals surface area (Å²) in [4.78, 5) is 10.7. The molecule has 0 aromatic carbocycles. The van der Waals surface area contributed by atoms with E-state index in [9.17, 15) is 13.7 Å². The largest absolute Gasteiger partial charge is 0.481 e. The molecule has 1 fully saturated rings. The second-order valence-corrected chi connectivity index (χ2v) is 7.09. The maximum absolute atomic E-state index is 10.6. The van der Waals surface area contributed by atoms with Crippen molar-refractivity contribution in [2.45, 2.75) is 19.3 Å². The fourth-order valence-corrected chi connectivity index (χ4v) is 3.71. The minimum absolute atomic E-state index is 0.475. The lowest BCUT2D eigenvalue weighted by atomic mass is 9.93. The molecule has 1 aliphatic rings. The average molecular weight is 375 g/mol. The van der Waals surface area contributed by atoms with Crippen LogP contribution >= 0.6 is 0 Å². The van der Waals surface area contributed by atoms with Crippen LogP contribution in [-0.4, -0.2) is 45.1 Å². The first-order valence-corrected chi connectivity index (χ1v) is 9.65. The maximum Gasteiger partial charge on any atom is 0.213 e. The molecule has 3 rings (SSSR count). The molecule has 0 bridgehead atoms. The molecule has 0 atom stereocenters. The SMILES string of the molecule is COc1cc2c(N3CCC(CCN[SH](=O)=O)CC3)c(C#N)cnc2cn1. The van der Waals surface area contributed by atoms with Gasteiger partial charge in [-0.05, 0) is 25.2 Å². The summed E-state index contributed by atoms with van der Waals surface area (Å²) in [7, 11) is -0.965. The minimum Gasteiger partial charge on any atom is -0.481 e. The van der Waals surface area contributed by atoms with Gasteiger partial charge in [0.15, 0.2) is 0 Å². The van der Waals surface area contributed by atoms with Crippen molar-refractivity contribution in [2.75, 3.05) is 31.6 Å². The summed E-state index contributed by atoms with van der Waals surface area (Å²) < 4.78 is 28.9. The van der Waals surface area contributed by atoms with Crippen LogP contribution < -0.4 is 14.4 Å². The molecule has 0 unspecified atom stereocenters. The van der Waals surface area contributed by atoms with Crippen LogP contribution in [0.25, 0.3) is 10.9 Å². The van der Waals surface area contributed by atoms with Crippen LogP contribution in [0.5, 0.6) is 5.88 Å². The number of hydrogen-bond acceptors (Lipinski definition) is 7. The number of ether oxygens (including phenoxy) is 1. The van der Waals surface area contributed by atoms with E-state index < -0.39 is 10.9 Å². The number of nitrogens with zero attached hydrogens (tertiary/aromatic N) is 4. The predicted octanol–water partition coefficient (Wildman–Crippen LogP) is 1.23. The number of thiol groups is 1. The molecule has 0 radical (unpaired) electrons. The summed E-state index contributed by atoms with van der Waals surface area (Å²) in [6.45, 7) is 2.10. The third-order valence-corrected chi connectivity index (χ3v) is 5.24. The van der Waals surface area contributed by atoms with Crippen molar-refractivity contribution in [1.29, 1.82) is 5.26 Å². The number of hydrogen-bond donors (Lipinski definition) is 2. The van der Waals surface area contributed by atoms with Crippen molar-refractivity contribution < 1.29 is 13.2 Å². The standard InChI is InChI=1S/C17H21N5O3S/c1-25-16-8-14-15(11-20-16)19-10-13(9-18)17(14)22-6-3-12(4-7-22)2-5-21-26(23)24/h8,10-12,26H,2-7H2,1H3,(H,21,23,24). The van der Waals surface area contributed by atoms with Gasteiger partial charge in [-0.25, -0.2) is 18.1 Å². The van der Waals surface area contributed by atoms with Crippen LogP contribution in [0.4, 0.5) is 5.69 Å². The monoisotopic (exact) mass is 375 g/mol. The molecule has 138 valence electrons. The van der Waals surface area contributed by atoms with Crippen molar-refractivity contribution in [1.82, 2.24) is 14.7 Å². The smallest absolute Gasteiger partial charge is 0.213 e. The molecule has 0 aliphatic carbocycles. The van der Waals surface area contributed by atoms with E-state index in [0.717, 1.165) is 48.9 Å². The summed E-state index contributed by atoms with van der Waals surface area (Å²) in [6, 6.07) is 4.06. The molecule has 8 nitrogen and oxygen atoms in total. The van der Waals surface area contributed by atoms with Crippen molar-refractivity contribution in [3.05, 3.63) is 24.0 Å². The van der Waals surface area contributed by atoms with E-state index in [1.165, 1.54) is 0 Å². The number of piperidine rings is 1. The number of aromatic nitrogens is 2. The first-order valence-electron chi connectivity index (χ1n) is 8.48. The lowest BCUT2D eigenvalue weighted by Crippen LogP contribution is -2.35. The Hall–Kier alpha value is -2.44. The summed E-state index contributed by atoms with van der Waals surface area (Å²) in [5, 5.41) is 10.4. The summed E-state index contributed by atoms with van der Waals surface area (Å²) in [5.74, 6) is 0.965. The van der Waals surface area contributed by atoms with E-state index in [1.54, 1.807) is 19.5 Å². The van der Waals surface area contributed by atoms with Crippen LogP contribution in [-0.2, 0) is 10.9 Å². The number of pyridine rings is 2. The van der Waals surface area contributed by atoms with Gasteiger partial charge in [-0.3, -0.25) is 4.98 Å². The van der Waals surface area contributed by atoms with Gasteiger partial charge in [-0.1, -0.05) is 0 Å². The fourth-order valence-electron chi connectivity index (χ4n) is 3.40. The van der Waals surface area contributed by atoms with E-state index in [4.69, 9.17) is 4.74 Å². The zero-order valence-electron chi connectivity index (χ0n) is 14.5. The van der Waals surface area contributed by atoms with Crippen LogP contribution in [0, 0.1) is 17.2 Å². The van der Waals surface area contributed by atoms with Crippen LogP contribution in [0.3, 0.4) is 0 Å². The van der Waals surface area contributed by atoms with E-state index in [-0.39, 0.29) is 0 Å². The molecule has 1 aliphatic heterocycles. The normalized spacial score (nSPS) is 15.3. The number of methoxy groups -OCH3 is 1. The van der Waals surface area contributed by atoms with Crippen LogP contribution in [0.15, 0.2) is 18.5 Å². The zero-order valence-corrected chi connectivity index (χ0v) is 15.4. The summed E-state index contributed by atoms with van der Waals surface area (Å²) in [6.07, 6.45) is 5.98. The van der Waals surface area contributed by atoms with E-state index >= 15 is 0 Å². The number of rotatable bonds is 6. The Balaban J connectivity index is 1.81. The summed E-state index contributed by atoms with van der Waals surface area (Å²) >= 11 is 0. The van der Waals surface area contributed by atoms with Gasteiger partial charge in [0.25, 0.3) is 0 Å². The minimum atomic E-state index is -2.52. The van der Waals surface area contributed by atoms with Crippen LogP contribution in [0.1, 0.15) is 24.8 Å². The Morgan fingerprint density at radius 1 is 1.35 bits per heavy atom. The maximum atomic E-state index is 10.6. The fraction of sp³-hybridized carbons (Fsp3) is 0.471. The van der Waals surface area contributed by atoms with Gasteiger partial charge in [0.05, 0.1) is 30.1 Å². The Morgan fingerprint density at radius 3 is 2.77 bits per heavy atom. The second kappa shape index (κ2) is 8.29. The van der Waals surface area contributed by atoms with Crippen molar-refractivity contribution in [3.8, 4) is 11.9 Å². The van der Waals surface area contributed by atoms with Crippen molar-refractivity contribution in [3.63, 3.8) is 0 Å². The molecule has 0 saturated carbocycles. The third-order valence-electron chi connectivity index (χ3n) is 4.75. The Morgan fingerprint density at radius 2 is 2.12 bits per heavy atom. The van der Waals surface area contributed by atoms with Gasteiger partial charge in [-0.2, -0.15) is 5.26 Å². The highest BCUT2D eigenvalue weighted by atomic mass is 32.2. The van der Waals surface area contributed by atoms with E-state index in [0.29, 0.717) is 23.9 Å². The molecular formula is C17H21N5O3S. The Kier molecular flexibility index (Phi) is 5.85. The highest BCUT2D eigenvalue weighted by Crippen LogP contribution is 2.34. The van der Waals surface area contributed by atoms with Crippen LogP contribution in [0.2, 0.25) is 0 Å². The Bertz CT molecular complexity index is 893. The molecule has 9 heteroatoms. The molecule has 1 saturated heterocycles. The first kappa shape index (κ1) is 18.4. The van der Waals surface area contributed by atoms with Gasteiger partial charge < -0.3 is 9.64 Å². The van der Waals surface area contributed by atoms with E-state index in [1.807, 2.05) is 6.07 Å². The van der Waals surface area contributed by atoms with Gasteiger partial charge in [0.1, 0.15) is 6.07 Å². The highest BCUT2D eigenvalue weighted by Gasteiger charge is 2.23. The molecule has 26 heavy (non-hydrogen) atoms. The first-order chi connectivity index (χ1) is 12.6. The molecule has 0 spiro atoms. The number of fused-ring (bicyclic) bond motifs is 1. The molecule has 1 N–H and O–H groups in total. The lowest BCUT2D eigenvalue weighted by molar-refractivity contribution is 0.382. The number of nitrogens with one attached hydrogen (secondary N) is 1. The number of nitriles is 1. The topological polar surface area (TPSA) is 108 Å². The van der Waals surface area contributed by atoms with Gasteiger partial charge in [-0.15, -0.1) is 0 Å². The zero-order chi connectivity index (χ0) is 18.5. The molecule has 3 heterocycles. The van der Waals surface area contributed by atoms with E-state index in [2.05, 4.69) is 25.7 Å². The number of anilines is 1. The van der Waals surface area contributed by atoms with Gasteiger partial charge >= 0.3 is 0 Å².